The van der Waals surface area contributed by atoms with Gasteiger partial charge in [0.15, 0.2) is 0 Å². The van der Waals surface area contributed by atoms with Gasteiger partial charge in [-0.05, 0) is 46.6 Å². The van der Waals surface area contributed by atoms with E-state index in [1.807, 2.05) is 36.4 Å². The third kappa shape index (κ3) is 4.13. The lowest BCUT2D eigenvalue weighted by atomic mass is 10.0. The summed E-state index contributed by atoms with van der Waals surface area (Å²) in [5.41, 5.74) is 0.978. The monoisotopic (exact) mass is 330 g/mol. The molecule has 0 fully saturated rings. The zero-order valence-electron chi connectivity index (χ0n) is 14.9. The Labute approximate surface area is 139 Å². The van der Waals surface area contributed by atoms with E-state index in [9.17, 15) is 4.79 Å². The summed E-state index contributed by atoms with van der Waals surface area (Å²) in [5.74, 6) is 0.701. The number of rotatable bonds is 4. The minimum Gasteiger partial charge on any atom is -0.519 e. The highest BCUT2D eigenvalue weighted by Gasteiger charge is 2.40. The molecule has 0 aromatic heterocycles. The van der Waals surface area contributed by atoms with E-state index in [2.05, 4.69) is 33.9 Å². The number of carbonyl (C=O) groups excluding carboxylic acids is 1. The van der Waals surface area contributed by atoms with Crippen molar-refractivity contribution in [3.8, 4) is 5.75 Å². The normalized spacial score (nSPS) is 12.3. The number of hydrogen-bond acceptors (Lipinski definition) is 3. The molecule has 0 radical (unpaired) electrons. The number of benzene rings is 2. The van der Waals surface area contributed by atoms with Crippen molar-refractivity contribution in [1.29, 1.82) is 0 Å². The summed E-state index contributed by atoms with van der Waals surface area (Å²) in [5, 5.41) is 2.23. The summed E-state index contributed by atoms with van der Waals surface area (Å²) in [4.78, 5) is 12.3. The number of methoxy groups -OCH3 is 1. The van der Waals surface area contributed by atoms with Crippen molar-refractivity contribution in [2.75, 3.05) is 7.11 Å². The van der Waals surface area contributed by atoms with Crippen LogP contribution in [0, 0.1) is 0 Å². The van der Waals surface area contributed by atoms with Crippen LogP contribution in [0.25, 0.3) is 10.8 Å². The minimum absolute atomic E-state index is 0.0304. The summed E-state index contributed by atoms with van der Waals surface area (Å²) in [6, 6.07) is 12.0. The Morgan fingerprint density at radius 3 is 2.26 bits per heavy atom. The first-order valence-electron chi connectivity index (χ1n) is 7.91. The Balaban J connectivity index is 2.14. The molecule has 0 heterocycles. The van der Waals surface area contributed by atoms with Crippen molar-refractivity contribution in [3.05, 3.63) is 42.0 Å². The van der Waals surface area contributed by atoms with Crippen molar-refractivity contribution >= 4 is 25.1 Å². The van der Waals surface area contributed by atoms with Crippen LogP contribution in [0.3, 0.4) is 0 Å². The van der Waals surface area contributed by atoms with E-state index in [-0.39, 0.29) is 11.0 Å². The Kier molecular flexibility index (Phi) is 4.85. The molecule has 0 unspecified atom stereocenters. The van der Waals surface area contributed by atoms with Gasteiger partial charge in [-0.1, -0.05) is 45.0 Å². The van der Waals surface area contributed by atoms with Gasteiger partial charge in [0.2, 0.25) is 0 Å². The zero-order chi connectivity index (χ0) is 17.3. The molecular weight excluding hydrogens is 304 g/mol. The summed E-state index contributed by atoms with van der Waals surface area (Å²) in [6.45, 7) is 10.6. The number of hydrogen-bond donors (Lipinski definition) is 0. The largest absolute Gasteiger partial charge is 0.519 e. The fraction of sp³-hybridized carbons (Fsp3) is 0.421. The molecule has 0 saturated carbocycles. The first-order chi connectivity index (χ1) is 10.6. The Morgan fingerprint density at radius 2 is 1.65 bits per heavy atom. The number of ether oxygens (including phenoxy) is 1. The van der Waals surface area contributed by atoms with Gasteiger partial charge in [-0.3, -0.25) is 4.79 Å². The van der Waals surface area contributed by atoms with E-state index in [1.165, 1.54) is 0 Å². The molecular formula is C19H26O3Si. The highest BCUT2D eigenvalue weighted by atomic mass is 28.4. The molecule has 2 aromatic carbocycles. The predicted molar refractivity (Wildman–Crippen MR) is 97.5 cm³/mol. The molecule has 0 atom stereocenters. The third-order valence-electron chi connectivity index (χ3n) is 4.64. The second-order valence-corrected chi connectivity index (χ2v) is 12.2. The highest BCUT2D eigenvalue weighted by molar-refractivity contribution is 6.75. The lowest BCUT2D eigenvalue weighted by molar-refractivity contribution is -0.134. The molecule has 0 bridgehead atoms. The molecule has 23 heavy (non-hydrogen) atoms. The van der Waals surface area contributed by atoms with Gasteiger partial charge in [0, 0.05) is 0 Å². The van der Waals surface area contributed by atoms with Crippen molar-refractivity contribution in [3.63, 3.8) is 0 Å². The lowest BCUT2D eigenvalue weighted by Crippen LogP contribution is -2.42. The summed E-state index contributed by atoms with van der Waals surface area (Å²) in [6.07, 6.45) is 0.314. The number of carbonyl (C=O) groups is 1. The fourth-order valence-electron chi connectivity index (χ4n) is 2.15. The maximum absolute atomic E-state index is 12.3. The molecule has 0 aliphatic rings. The summed E-state index contributed by atoms with van der Waals surface area (Å²) >= 11 is 0. The molecule has 2 rings (SSSR count). The molecule has 0 spiro atoms. The molecule has 0 aliphatic carbocycles. The molecule has 0 saturated heterocycles. The van der Waals surface area contributed by atoms with E-state index in [0.717, 1.165) is 22.1 Å². The molecule has 2 aromatic rings. The summed E-state index contributed by atoms with van der Waals surface area (Å²) in [7, 11) is -0.395. The van der Waals surface area contributed by atoms with Gasteiger partial charge in [0.25, 0.3) is 14.3 Å². The Morgan fingerprint density at radius 1 is 1.04 bits per heavy atom. The third-order valence-corrected chi connectivity index (χ3v) is 8.99. The quantitative estimate of drug-likeness (QED) is 0.745. The van der Waals surface area contributed by atoms with Crippen LogP contribution in [-0.4, -0.2) is 21.4 Å². The van der Waals surface area contributed by atoms with E-state index in [1.54, 1.807) is 7.11 Å². The van der Waals surface area contributed by atoms with Gasteiger partial charge in [0.1, 0.15) is 5.75 Å². The van der Waals surface area contributed by atoms with Crippen LogP contribution in [0.5, 0.6) is 5.75 Å². The Hall–Kier alpha value is -1.81. The molecule has 0 aliphatic heterocycles. The second-order valence-electron chi connectivity index (χ2n) is 7.46. The van der Waals surface area contributed by atoms with Gasteiger partial charge in [-0.15, -0.1) is 0 Å². The Bertz CT molecular complexity index is 714. The van der Waals surface area contributed by atoms with Crippen LogP contribution in [0.4, 0.5) is 0 Å². The highest BCUT2D eigenvalue weighted by Crippen LogP contribution is 2.36. The van der Waals surface area contributed by atoms with Crippen molar-refractivity contribution < 1.29 is 14.0 Å². The van der Waals surface area contributed by atoms with Crippen LogP contribution >= 0.6 is 0 Å². The second kappa shape index (κ2) is 6.36. The van der Waals surface area contributed by atoms with Crippen LogP contribution in [0.2, 0.25) is 18.1 Å². The van der Waals surface area contributed by atoms with E-state index < -0.39 is 8.32 Å². The zero-order valence-corrected chi connectivity index (χ0v) is 15.9. The standard InChI is InChI=1S/C19H26O3Si/c1-19(2,3)23(5,6)22-18(20)12-14-7-8-16-13-17(21-4)10-9-15(16)11-14/h7-11,13H,12H2,1-6H3. The van der Waals surface area contributed by atoms with E-state index >= 15 is 0 Å². The molecule has 4 heteroatoms. The van der Waals surface area contributed by atoms with Crippen LogP contribution in [0.1, 0.15) is 26.3 Å². The molecule has 124 valence electrons. The SMILES string of the molecule is COc1ccc2cc(CC(=O)O[Si](C)(C)C(C)(C)C)ccc2c1. The topological polar surface area (TPSA) is 35.5 Å². The fourth-order valence-corrected chi connectivity index (χ4v) is 3.10. The van der Waals surface area contributed by atoms with Gasteiger partial charge in [0.05, 0.1) is 13.5 Å². The van der Waals surface area contributed by atoms with E-state index in [0.29, 0.717) is 6.42 Å². The van der Waals surface area contributed by atoms with Crippen LogP contribution < -0.4 is 4.74 Å². The van der Waals surface area contributed by atoms with Crippen LogP contribution in [-0.2, 0) is 15.6 Å². The maximum Gasteiger partial charge on any atom is 0.296 e. The van der Waals surface area contributed by atoms with Crippen molar-refractivity contribution in [2.24, 2.45) is 0 Å². The van der Waals surface area contributed by atoms with Crippen molar-refractivity contribution in [2.45, 2.75) is 45.3 Å². The number of fused-ring (bicyclic) bond motifs is 1. The molecule has 0 N–H and O–H groups in total. The van der Waals surface area contributed by atoms with Crippen LogP contribution in [0.15, 0.2) is 36.4 Å². The van der Waals surface area contributed by atoms with E-state index in [4.69, 9.17) is 9.16 Å². The average molecular weight is 331 g/mol. The van der Waals surface area contributed by atoms with Gasteiger partial charge >= 0.3 is 0 Å². The average Bonchev–Trinajstić information content (AvgIpc) is 2.44. The maximum atomic E-state index is 12.3. The van der Waals surface area contributed by atoms with Crippen molar-refractivity contribution in [1.82, 2.24) is 0 Å². The first kappa shape index (κ1) is 17.5. The van der Waals surface area contributed by atoms with Gasteiger partial charge < -0.3 is 9.16 Å². The predicted octanol–water partition coefficient (Wildman–Crippen LogP) is 4.94. The first-order valence-corrected chi connectivity index (χ1v) is 10.8. The van der Waals surface area contributed by atoms with Gasteiger partial charge in [-0.25, -0.2) is 0 Å². The van der Waals surface area contributed by atoms with Gasteiger partial charge in [-0.2, -0.15) is 0 Å². The minimum atomic E-state index is -2.05. The molecule has 3 nitrogen and oxygen atoms in total. The molecule has 0 amide bonds. The lowest BCUT2D eigenvalue weighted by Gasteiger charge is -2.35. The smallest absolute Gasteiger partial charge is 0.296 e. The summed E-state index contributed by atoms with van der Waals surface area (Å²) < 4.78 is 11.1.